The number of thiocarbonyl (C=S) groups is 1. The van der Waals surface area contributed by atoms with Crippen LogP contribution < -0.4 is 10.1 Å². The quantitative estimate of drug-likeness (QED) is 0.495. The number of benzene rings is 3. The van der Waals surface area contributed by atoms with Crippen LogP contribution in [0.3, 0.4) is 0 Å². The van der Waals surface area contributed by atoms with Crippen LogP contribution in [0.15, 0.2) is 84.9 Å². The number of nitrogens with one attached hydrogen (secondary N) is 1. The molecule has 0 aromatic heterocycles. The lowest BCUT2D eigenvalue weighted by atomic mass is 9.96. The van der Waals surface area contributed by atoms with Gasteiger partial charge in [0.2, 0.25) is 0 Å². The lowest BCUT2D eigenvalue weighted by Gasteiger charge is -2.40. The van der Waals surface area contributed by atoms with Crippen molar-refractivity contribution in [1.29, 1.82) is 0 Å². The average molecular weight is 474 g/mol. The van der Waals surface area contributed by atoms with Gasteiger partial charge in [0, 0.05) is 31.7 Å². The van der Waals surface area contributed by atoms with E-state index in [4.69, 9.17) is 17.0 Å². The van der Waals surface area contributed by atoms with Crippen LogP contribution >= 0.6 is 12.2 Å². The summed E-state index contributed by atoms with van der Waals surface area (Å²) >= 11 is 5.59. The van der Waals surface area contributed by atoms with Crippen molar-refractivity contribution >= 4 is 23.2 Å². The van der Waals surface area contributed by atoms with E-state index in [9.17, 15) is 4.79 Å². The molecule has 1 aliphatic heterocycles. The molecule has 1 aliphatic rings. The molecule has 3 aromatic carbocycles. The minimum Gasteiger partial charge on any atom is -0.494 e. The van der Waals surface area contributed by atoms with Crippen LogP contribution in [0, 0.1) is 0 Å². The van der Waals surface area contributed by atoms with Crippen LogP contribution in [0.4, 0.5) is 0 Å². The zero-order valence-electron chi connectivity index (χ0n) is 19.5. The predicted octanol–water partition coefficient (Wildman–Crippen LogP) is 4.90. The molecule has 3 aromatic rings. The molecule has 5 nitrogen and oxygen atoms in total. The Morgan fingerprint density at radius 3 is 2.12 bits per heavy atom. The smallest absolute Gasteiger partial charge is 0.257 e. The zero-order chi connectivity index (χ0) is 23.8. The molecule has 1 fully saturated rings. The van der Waals surface area contributed by atoms with Gasteiger partial charge in [0.1, 0.15) is 5.75 Å². The van der Waals surface area contributed by atoms with Crippen LogP contribution in [0.1, 0.15) is 40.9 Å². The predicted molar refractivity (Wildman–Crippen MR) is 140 cm³/mol. The molecule has 0 radical (unpaired) electrons. The number of carbonyl (C=O) groups is 1. The molecule has 6 heteroatoms. The van der Waals surface area contributed by atoms with Gasteiger partial charge in [0.25, 0.3) is 5.91 Å². The lowest BCUT2D eigenvalue weighted by Crippen LogP contribution is -2.53. The number of amides is 1. The number of hydrogen-bond acceptors (Lipinski definition) is 4. The molecule has 0 unspecified atom stereocenters. The summed E-state index contributed by atoms with van der Waals surface area (Å²) in [7, 11) is 0. The van der Waals surface area contributed by atoms with Gasteiger partial charge < -0.3 is 9.64 Å². The van der Waals surface area contributed by atoms with Crippen LogP contribution in [0.5, 0.6) is 5.75 Å². The van der Waals surface area contributed by atoms with Crippen LogP contribution in [-0.4, -0.2) is 53.6 Å². The van der Waals surface area contributed by atoms with Crippen LogP contribution in [-0.2, 0) is 0 Å². The summed E-state index contributed by atoms with van der Waals surface area (Å²) in [5.74, 6) is 0.489. The number of hydrogen-bond donors (Lipinski definition) is 1. The van der Waals surface area contributed by atoms with Crippen molar-refractivity contribution in [1.82, 2.24) is 15.1 Å². The van der Waals surface area contributed by atoms with Crippen molar-refractivity contribution < 1.29 is 9.53 Å². The van der Waals surface area contributed by atoms with Gasteiger partial charge in [-0.05, 0) is 48.0 Å². The number of carbonyl (C=O) groups excluding carboxylic acids is 1. The molecule has 0 aliphatic carbocycles. The monoisotopic (exact) mass is 473 g/mol. The standard InChI is InChI=1S/C28H31N3O2S/c1-2-20-33-25-15-9-14-24(21-25)27(32)29-28(34)31-18-16-30(17-19-31)26(22-10-5-3-6-11-22)23-12-7-4-8-13-23/h3-15,21,26H,2,16-20H2,1H3,(H,29,32,34). The maximum atomic E-state index is 12.8. The molecule has 4 rings (SSSR count). The van der Waals surface area contributed by atoms with E-state index in [1.807, 2.05) is 12.1 Å². The lowest BCUT2D eigenvalue weighted by molar-refractivity contribution is 0.0966. The Morgan fingerprint density at radius 1 is 0.912 bits per heavy atom. The Kier molecular flexibility index (Phi) is 8.28. The second-order valence-electron chi connectivity index (χ2n) is 8.38. The van der Waals surface area contributed by atoms with Crippen molar-refractivity contribution in [2.75, 3.05) is 32.8 Å². The first-order chi connectivity index (χ1) is 16.7. The highest BCUT2D eigenvalue weighted by Crippen LogP contribution is 2.29. The maximum Gasteiger partial charge on any atom is 0.257 e. The van der Waals surface area contributed by atoms with E-state index in [1.54, 1.807) is 12.1 Å². The molecule has 1 saturated heterocycles. The van der Waals surface area contributed by atoms with Crippen molar-refractivity contribution in [3.8, 4) is 5.75 Å². The number of ether oxygens (including phenoxy) is 1. The largest absolute Gasteiger partial charge is 0.494 e. The van der Waals surface area contributed by atoms with E-state index in [-0.39, 0.29) is 11.9 Å². The topological polar surface area (TPSA) is 44.8 Å². The molecular formula is C28H31N3O2S. The Balaban J connectivity index is 1.38. The first kappa shape index (κ1) is 23.9. The molecule has 0 bridgehead atoms. The Labute approximate surface area is 207 Å². The third-order valence-electron chi connectivity index (χ3n) is 5.99. The minimum absolute atomic E-state index is 0.193. The molecule has 0 atom stereocenters. The summed E-state index contributed by atoms with van der Waals surface area (Å²) in [6, 6.07) is 28.6. The van der Waals surface area contributed by atoms with Crippen molar-refractivity contribution in [2.24, 2.45) is 0 Å². The average Bonchev–Trinajstić information content (AvgIpc) is 2.89. The van der Waals surface area contributed by atoms with Crippen LogP contribution in [0.25, 0.3) is 0 Å². The van der Waals surface area contributed by atoms with E-state index >= 15 is 0 Å². The summed E-state index contributed by atoms with van der Waals surface area (Å²) in [4.78, 5) is 17.3. The van der Waals surface area contributed by atoms with Crippen molar-refractivity contribution in [3.05, 3.63) is 102 Å². The highest BCUT2D eigenvalue weighted by Gasteiger charge is 2.27. The van der Waals surface area contributed by atoms with E-state index < -0.39 is 0 Å². The fraction of sp³-hybridized carbons (Fsp3) is 0.286. The van der Waals surface area contributed by atoms with Gasteiger partial charge in [0.15, 0.2) is 5.11 Å². The van der Waals surface area contributed by atoms with Crippen LogP contribution in [0.2, 0.25) is 0 Å². The highest BCUT2D eigenvalue weighted by molar-refractivity contribution is 7.80. The van der Waals surface area contributed by atoms with E-state index in [0.717, 1.165) is 32.6 Å². The molecule has 1 heterocycles. The van der Waals surface area contributed by atoms with Crippen molar-refractivity contribution in [3.63, 3.8) is 0 Å². The van der Waals surface area contributed by atoms with Gasteiger partial charge >= 0.3 is 0 Å². The van der Waals surface area contributed by atoms with Gasteiger partial charge in [0.05, 0.1) is 12.6 Å². The molecule has 34 heavy (non-hydrogen) atoms. The Hall–Kier alpha value is -3.22. The van der Waals surface area contributed by atoms with E-state index in [2.05, 4.69) is 82.7 Å². The summed E-state index contributed by atoms with van der Waals surface area (Å²) in [5, 5.41) is 3.37. The first-order valence-corrected chi connectivity index (χ1v) is 12.2. The van der Waals surface area contributed by atoms with Gasteiger partial charge in [-0.3, -0.25) is 15.0 Å². The molecule has 0 spiro atoms. The summed E-state index contributed by atoms with van der Waals surface area (Å²) < 4.78 is 5.65. The fourth-order valence-corrected chi connectivity index (χ4v) is 4.54. The van der Waals surface area contributed by atoms with Gasteiger partial charge in [-0.2, -0.15) is 0 Å². The highest BCUT2D eigenvalue weighted by atomic mass is 32.1. The van der Waals surface area contributed by atoms with Gasteiger partial charge in [-0.1, -0.05) is 73.7 Å². The number of nitrogens with zero attached hydrogens (tertiary/aromatic N) is 2. The summed E-state index contributed by atoms with van der Waals surface area (Å²) in [5.41, 5.74) is 3.11. The molecular weight excluding hydrogens is 442 g/mol. The Morgan fingerprint density at radius 2 is 1.53 bits per heavy atom. The maximum absolute atomic E-state index is 12.8. The number of piperazine rings is 1. The van der Waals surface area contributed by atoms with Crippen molar-refractivity contribution in [2.45, 2.75) is 19.4 Å². The number of rotatable bonds is 7. The molecule has 0 saturated carbocycles. The molecule has 1 amide bonds. The minimum atomic E-state index is -0.208. The normalized spacial score (nSPS) is 14.1. The molecule has 1 N–H and O–H groups in total. The Bertz CT molecular complexity index is 1040. The summed E-state index contributed by atoms with van der Waals surface area (Å²) in [6.07, 6.45) is 0.919. The first-order valence-electron chi connectivity index (χ1n) is 11.8. The fourth-order valence-electron chi connectivity index (χ4n) is 4.26. The second-order valence-corrected chi connectivity index (χ2v) is 8.77. The molecule has 176 valence electrons. The third-order valence-corrected chi connectivity index (χ3v) is 6.35. The van der Waals surface area contributed by atoms with E-state index in [1.165, 1.54) is 11.1 Å². The van der Waals surface area contributed by atoms with E-state index in [0.29, 0.717) is 23.0 Å². The van der Waals surface area contributed by atoms with Gasteiger partial charge in [-0.15, -0.1) is 0 Å². The summed E-state index contributed by atoms with van der Waals surface area (Å²) in [6.45, 7) is 5.90. The van der Waals surface area contributed by atoms with Gasteiger partial charge in [-0.25, -0.2) is 0 Å². The third kappa shape index (κ3) is 6.01. The SMILES string of the molecule is CCCOc1cccc(C(=O)NC(=S)N2CCN(C(c3ccccc3)c3ccccc3)CC2)c1. The zero-order valence-corrected chi connectivity index (χ0v) is 20.3. The second kappa shape index (κ2) is 11.8.